The third kappa shape index (κ3) is 2.96. The summed E-state index contributed by atoms with van der Waals surface area (Å²) < 4.78 is 6.72. The minimum atomic E-state index is -0.318. The lowest BCUT2D eigenvalue weighted by Gasteiger charge is -2.24. The lowest BCUT2D eigenvalue weighted by Crippen LogP contribution is -2.34. The van der Waals surface area contributed by atoms with Gasteiger partial charge >= 0.3 is 6.03 Å². The smallest absolute Gasteiger partial charge is 0.320 e. The number of fused-ring (bicyclic) bond motifs is 1. The predicted molar refractivity (Wildman–Crippen MR) is 78.4 cm³/mol. The maximum atomic E-state index is 12.1. The van der Waals surface area contributed by atoms with Crippen LogP contribution in [0, 0.1) is 6.92 Å². The van der Waals surface area contributed by atoms with Crippen LogP contribution in [-0.2, 0) is 13.0 Å². The van der Waals surface area contributed by atoms with Crippen molar-refractivity contribution in [3.8, 4) is 0 Å². The van der Waals surface area contributed by atoms with E-state index < -0.39 is 0 Å². The van der Waals surface area contributed by atoms with E-state index in [0.29, 0.717) is 18.1 Å². The lowest BCUT2D eigenvalue weighted by molar-refractivity contribution is 0.246. The first kappa shape index (κ1) is 14.6. The first-order valence-electron chi connectivity index (χ1n) is 7.33. The molecule has 1 aliphatic rings. The second-order valence-corrected chi connectivity index (χ2v) is 5.36. The molecular formula is C14H19N5O3. The van der Waals surface area contributed by atoms with Crippen molar-refractivity contribution in [3.05, 3.63) is 29.3 Å². The van der Waals surface area contributed by atoms with Crippen molar-refractivity contribution >= 4 is 11.8 Å². The summed E-state index contributed by atoms with van der Waals surface area (Å²) >= 11 is 0. The van der Waals surface area contributed by atoms with Gasteiger partial charge in [0, 0.05) is 17.3 Å². The summed E-state index contributed by atoms with van der Waals surface area (Å²) in [7, 11) is 0. The van der Waals surface area contributed by atoms with Crippen LogP contribution in [0.25, 0.3) is 0 Å². The van der Waals surface area contributed by atoms with Crippen molar-refractivity contribution in [1.29, 1.82) is 0 Å². The molecule has 2 heterocycles. The zero-order valence-corrected chi connectivity index (χ0v) is 12.4. The number of aliphatic hydroxyl groups excluding tert-OH is 1. The molecule has 2 amide bonds. The van der Waals surface area contributed by atoms with Gasteiger partial charge in [-0.3, -0.25) is 10.00 Å². The molecule has 0 fully saturated rings. The van der Waals surface area contributed by atoms with E-state index in [1.807, 2.05) is 4.68 Å². The lowest BCUT2D eigenvalue weighted by atomic mass is 9.93. The van der Waals surface area contributed by atoms with Crippen LogP contribution < -0.4 is 10.6 Å². The summed E-state index contributed by atoms with van der Waals surface area (Å²) in [5, 5.41) is 22.7. The molecule has 22 heavy (non-hydrogen) atoms. The zero-order valence-electron chi connectivity index (χ0n) is 12.4. The summed E-state index contributed by atoms with van der Waals surface area (Å²) in [6.45, 7) is 2.30. The molecule has 3 N–H and O–H groups in total. The van der Waals surface area contributed by atoms with Gasteiger partial charge in [0.25, 0.3) is 0 Å². The number of carbonyl (C=O) groups excluding carboxylic acids is 1. The number of urea groups is 1. The molecule has 3 rings (SSSR count). The van der Waals surface area contributed by atoms with Crippen LogP contribution in [0.2, 0.25) is 0 Å². The number of carbonyl (C=O) groups is 1. The Morgan fingerprint density at radius 3 is 3.18 bits per heavy atom. The third-order valence-electron chi connectivity index (χ3n) is 3.75. The molecule has 0 radical (unpaired) electrons. The molecule has 118 valence electrons. The van der Waals surface area contributed by atoms with Crippen molar-refractivity contribution < 1.29 is 14.4 Å². The number of hydrogen-bond donors (Lipinski definition) is 3. The molecule has 8 heteroatoms. The fraction of sp³-hybridized carbons (Fsp3) is 0.500. The Labute approximate surface area is 127 Å². The topological polar surface area (TPSA) is 105 Å². The van der Waals surface area contributed by atoms with E-state index in [1.54, 1.807) is 19.2 Å². The first-order chi connectivity index (χ1) is 10.7. The number of hydrogen-bond acceptors (Lipinski definition) is 5. The number of amides is 2. The number of aliphatic hydroxyl groups is 1. The van der Waals surface area contributed by atoms with Gasteiger partial charge in [0.2, 0.25) is 0 Å². The van der Waals surface area contributed by atoms with Gasteiger partial charge < -0.3 is 14.9 Å². The Morgan fingerprint density at radius 1 is 1.59 bits per heavy atom. The highest BCUT2D eigenvalue weighted by Gasteiger charge is 2.25. The van der Waals surface area contributed by atoms with E-state index in [2.05, 4.69) is 20.9 Å². The van der Waals surface area contributed by atoms with Crippen LogP contribution in [0.1, 0.15) is 35.9 Å². The van der Waals surface area contributed by atoms with Crippen LogP contribution in [0.15, 0.2) is 16.8 Å². The van der Waals surface area contributed by atoms with Crippen LogP contribution in [0.5, 0.6) is 0 Å². The first-order valence-corrected chi connectivity index (χ1v) is 7.33. The molecular weight excluding hydrogens is 286 g/mol. The highest BCUT2D eigenvalue weighted by atomic mass is 16.5. The minimum absolute atomic E-state index is 0.0538. The monoisotopic (exact) mass is 305 g/mol. The Bertz CT molecular complexity index is 663. The molecule has 8 nitrogen and oxygen atoms in total. The van der Waals surface area contributed by atoms with Crippen molar-refractivity contribution in [2.24, 2.45) is 0 Å². The summed E-state index contributed by atoms with van der Waals surface area (Å²) in [4.78, 5) is 12.1. The molecule has 0 bridgehead atoms. The number of aromatic nitrogens is 3. The molecule has 0 saturated heterocycles. The van der Waals surface area contributed by atoms with Crippen molar-refractivity contribution in [3.63, 3.8) is 0 Å². The fourth-order valence-corrected chi connectivity index (χ4v) is 2.79. The summed E-state index contributed by atoms with van der Waals surface area (Å²) in [5.74, 6) is 1.03. The number of nitrogens with one attached hydrogen (secondary N) is 2. The van der Waals surface area contributed by atoms with Crippen LogP contribution in [0.3, 0.4) is 0 Å². The summed E-state index contributed by atoms with van der Waals surface area (Å²) in [5.41, 5.74) is 2.11. The van der Waals surface area contributed by atoms with Gasteiger partial charge in [-0.05, 0) is 26.2 Å². The molecule has 2 aromatic rings. The molecule has 1 aliphatic carbocycles. The molecule has 0 saturated carbocycles. The van der Waals surface area contributed by atoms with Gasteiger partial charge in [-0.2, -0.15) is 5.10 Å². The van der Waals surface area contributed by atoms with Crippen LogP contribution >= 0.6 is 0 Å². The highest BCUT2D eigenvalue weighted by molar-refractivity contribution is 5.88. The van der Waals surface area contributed by atoms with Crippen molar-refractivity contribution in [1.82, 2.24) is 20.3 Å². The SMILES string of the molecule is Cc1cc(NC(=O)NC2CCCc3c2cnn3CCO)no1. The van der Waals surface area contributed by atoms with E-state index in [1.165, 1.54) is 0 Å². The molecule has 0 aromatic carbocycles. The van der Waals surface area contributed by atoms with Gasteiger partial charge in [0.15, 0.2) is 5.82 Å². The molecule has 1 unspecified atom stereocenters. The number of aryl methyl sites for hydroxylation is 1. The second kappa shape index (κ2) is 6.18. The molecule has 1 atom stereocenters. The van der Waals surface area contributed by atoms with Gasteiger partial charge in [-0.25, -0.2) is 4.79 Å². The Hall–Kier alpha value is -2.35. The van der Waals surface area contributed by atoms with Crippen molar-refractivity contribution in [2.45, 2.75) is 38.8 Å². The third-order valence-corrected chi connectivity index (χ3v) is 3.75. The quantitative estimate of drug-likeness (QED) is 0.791. The van der Waals surface area contributed by atoms with E-state index in [0.717, 1.165) is 30.5 Å². The summed E-state index contributed by atoms with van der Waals surface area (Å²) in [6.07, 6.45) is 4.52. The van der Waals surface area contributed by atoms with Gasteiger partial charge in [0.1, 0.15) is 5.76 Å². The van der Waals surface area contributed by atoms with Crippen LogP contribution in [0.4, 0.5) is 10.6 Å². The number of rotatable bonds is 4. The Kier molecular flexibility index (Phi) is 4.10. The van der Waals surface area contributed by atoms with E-state index in [9.17, 15) is 4.79 Å². The molecule has 0 aliphatic heterocycles. The predicted octanol–water partition coefficient (Wildman–Crippen LogP) is 1.37. The maximum Gasteiger partial charge on any atom is 0.320 e. The minimum Gasteiger partial charge on any atom is -0.394 e. The Morgan fingerprint density at radius 2 is 2.45 bits per heavy atom. The second-order valence-electron chi connectivity index (χ2n) is 5.36. The highest BCUT2D eigenvalue weighted by Crippen LogP contribution is 2.29. The fourth-order valence-electron chi connectivity index (χ4n) is 2.79. The van der Waals surface area contributed by atoms with Gasteiger partial charge in [0.05, 0.1) is 25.4 Å². The largest absolute Gasteiger partial charge is 0.394 e. The summed E-state index contributed by atoms with van der Waals surface area (Å²) in [6, 6.07) is 1.26. The van der Waals surface area contributed by atoms with Gasteiger partial charge in [-0.15, -0.1) is 0 Å². The number of nitrogens with zero attached hydrogens (tertiary/aromatic N) is 3. The van der Waals surface area contributed by atoms with E-state index in [4.69, 9.17) is 9.63 Å². The van der Waals surface area contributed by atoms with Crippen LogP contribution in [-0.4, -0.2) is 32.7 Å². The van der Waals surface area contributed by atoms with Gasteiger partial charge in [-0.1, -0.05) is 5.16 Å². The normalized spacial score (nSPS) is 17.1. The Balaban J connectivity index is 1.67. The van der Waals surface area contributed by atoms with E-state index >= 15 is 0 Å². The average molecular weight is 305 g/mol. The van der Waals surface area contributed by atoms with Crippen molar-refractivity contribution in [2.75, 3.05) is 11.9 Å². The zero-order chi connectivity index (χ0) is 15.5. The molecule has 2 aromatic heterocycles. The average Bonchev–Trinajstić information content (AvgIpc) is 3.07. The molecule has 0 spiro atoms. The van der Waals surface area contributed by atoms with E-state index in [-0.39, 0.29) is 18.7 Å². The number of anilines is 1. The maximum absolute atomic E-state index is 12.1. The standard InChI is InChI=1S/C14H19N5O3/c1-9-7-13(18-22-9)17-14(21)16-11-3-2-4-12-10(11)8-15-19(12)5-6-20/h7-8,11,20H,2-6H2,1H3,(H2,16,17,18,21).